The first kappa shape index (κ1) is 17.3. The maximum Gasteiger partial charge on any atom is 0.251 e. The number of hydrogen-bond donors (Lipinski definition) is 2. The maximum atomic E-state index is 13.8. The molecule has 1 atom stereocenters. The second kappa shape index (κ2) is 6.83. The normalized spacial score (nSPS) is 12.8. The number of rotatable bonds is 6. The molecule has 0 aliphatic heterocycles. The lowest BCUT2D eigenvalue weighted by atomic mass is 10.2. The molecule has 0 heterocycles. The number of nitrogens with two attached hydrogens (primary N) is 1. The Balaban J connectivity index is 3.22. The number of ether oxygens (including phenoxy) is 2. The molecule has 0 saturated carbocycles. The van der Waals surface area contributed by atoms with E-state index < -0.39 is 32.4 Å². The van der Waals surface area contributed by atoms with Crippen molar-refractivity contribution in [2.24, 2.45) is 5.14 Å². The Morgan fingerprint density at radius 3 is 2.52 bits per heavy atom. The first-order valence-electron chi connectivity index (χ1n) is 5.90. The summed E-state index contributed by atoms with van der Waals surface area (Å²) in [6.07, 6.45) is 0. The van der Waals surface area contributed by atoms with E-state index in [1.807, 2.05) is 0 Å². The molecule has 118 valence electrons. The second-order valence-corrected chi connectivity index (χ2v) is 5.89. The number of methoxy groups -OCH3 is 2. The van der Waals surface area contributed by atoms with Gasteiger partial charge in [-0.05, 0) is 19.1 Å². The van der Waals surface area contributed by atoms with Crippen molar-refractivity contribution >= 4 is 15.9 Å². The second-order valence-electron chi connectivity index (χ2n) is 4.36. The Hall–Kier alpha value is -1.71. The van der Waals surface area contributed by atoms with Crippen LogP contribution in [0, 0.1) is 5.82 Å². The summed E-state index contributed by atoms with van der Waals surface area (Å²) in [5.41, 5.74) is -0.180. The van der Waals surface area contributed by atoms with E-state index in [-0.39, 0.29) is 18.2 Å². The summed E-state index contributed by atoms with van der Waals surface area (Å²) >= 11 is 0. The highest BCUT2D eigenvalue weighted by atomic mass is 32.2. The predicted molar refractivity (Wildman–Crippen MR) is 73.1 cm³/mol. The van der Waals surface area contributed by atoms with Crippen LogP contribution in [-0.2, 0) is 14.8 Å². The quantitative estimate of drug-likeness (QED) is 0.781. The monoisotopic (exact) mass is 320 g/mol. The molecule has 1 aromatic carbocycles. The van der Waals surface area contributed by atoms with Crippen LogP contribution in [0.2, 0.25) is 0 Å². The number of carbonyl (C=O) groups excluding carboxylic acids is 1. The minimum atomic E-state index is -4.23. The van der Waals surface area contributed by atoms with E-state index in [2.05, 4.69) is 10.1 Å². The minimum absolute atomic E-state index is 0.180. The van der Waals surface area contributed by atoms with Gasteiger partial charge in [-0.3, -0.25) is 4.79 Å². The lowest BCUT2D eigenvalue weighted by Gasteiger charge is -2.14. The highest BCUT2D eigenvalue weighted by Crippen LogP contribution is 2.27. The number of amides is 1. The van der Waals surface area contributed by atoms with Crippen LogP contribution in [0.4, 0.5) is 4.39 Å². The Morgan fingerprint density at radius 2 is 2.05 bits per heavy atom. The van der Waals surface area contributed by atoms with Crippen LogP contribution in [0.15, 0.2) is 17.0 Å². The van der Waals surface area contributed by atoms with Crippen LogP contribution in [0.1, 0.15) is 17.3 Å². The maximum absolute atomic E-state index is 13.8. The van der Waals surface area contributed by atoms with Gasteiger partial charge in [0.2, 0.25) is 10.0 Å². The van der Waals surface area contributed by atoms with Gasteiger partial charge >= 0.3 is 0 Å². The predicted octanol–water partition coefficient (Wildman–Crippen LogP) is 0.246. The van der Waals surface area contributed by atoms with Gasteiger partial charge in [0.05, 0.1) is 13.7 Å². The molecule has 7 nitrogen and oxygen atoms in total. The highest BCUT2D eigenvalue weighted by molar-refractivity contribution is 7.89. The van der Waals surface area contributed by atoms with Crippen molar-refractivity contribution in [1.82, 2.24) is 5.32 Å². The molecule has 1 rings (SSSR count). The highest BCUT2D eigenvalue weighted by Gasteiger charge is 2.23. The zero-order valence-electron chi connectivity index (χ0n) is 11.8. The molecule has 0 bridgehead atoms. The van der Waals surface area contributed by atoms with E-state index >= 15 is 0 Å². The third-order valence-electron chi connectivity index (χ3n) is 2.58. The zero-order valence-corrected chi connectivity index (χ0v) is 12.7. The van der Waals surface area contributed by atoms with E-state index in [4.69, 9.17) is 9.88 Å². The van der Waals surface area contributed by atoms with E-state index in [0.717, 1.165) is 19.2 Å². The standard InChI is InChI=1S/C12H17FN2O5S/c1-7(6-19-2)15-12(16)8-4-9(13)11(20-3)10(5-8)21(14,17)18/h4-5,7H,6H2,1-3H3,(H,15,16)(H2,14,17,18). The van der Waals surface area contributed by atoms with Crippen LogP contribution >= 0.6 is 0 Å². The number of halogens is 1. The largest absolute Gasteiger partial charge is 0.492 e. The SMILES string of the molecule is COCC(C)NC(=O)c1cc(F)c(OC)c(S(N)(=O)=O)c1. The number of carbonyl (C=O) groups is 1. The van der Waals surface area contributed by atoms with Crippen molar-refractivity contribution in [3.63, 3.8) is 0 Å². The first-order chi connectivity index (χ1) is 9.70. The van der Waals surface area contributed by atoms with E-state index in [1.54, 1.807) is 6.92 Å². The number of nitrogens with one attached hydrogen (secondary N) is 1. The summed E-state index contributed by atoms with van der Waals surface area (Å²) in [6.45, 7) is 1.94. The molecule has 1 unspecified atom stereocenters. The zero-order chi connectivity index (χ0) is 16.2. The Morgan fingerprint density at radius 1 is 1.43 bits per heavy atom. The van der Waals surface area contributed by atoms with E-state index in [1.165, 1.54) is 7.11 Å². The van der Waals surface area contributed by atoms with Crippen molar-refractivity contribution in [3.8, 4) is 5.75 Å². The summed E-state index contributed by atoms with van der Waals surface area (Å²) in [7, 11) is -1.66. The molecule has 0 saturated heterocycles. The average Bonchev–Trinajstić information content (AvgIpc) is 2.36. The van der Waals surface area contributed by atoms with Crippen molar-refractivity contribution in [2.75, 3.05) is 20.8 Å². The van der Waals surface area contributed by atoms with Gasteiger partial charge in [-0.15, -0.1) is 0 Å². The third kappa shape index (κ3) is 4.38. The molecule has 0 fully saturated rings. The third-order valence-corrected chi connectivity index (χ3v) is 3.49. The van der Waals surface area contributed by atoms with Crippen LogP contribution < -0.4 is 15.2 Å². The van der Waals surface area contributed by atoms with Crippen LogP contribution in [0.25, 0.3) is 0 Å². The van der Waals surface area contributed by atoms with Crippen LogP contribution in [-0.4, -0.2) is 41.2 Å². The fraction of sp³-hybridized carbons (Fsp3) is 0.417. The van der Waals surface area contributed by atoms with E-state index in [0.29, 0.717) is 0 Å². The number of hydrogen-bond acceptors (Lipinski definition) is 5. The van der Waals surface area contributed by atoms with Gasteiger partial charge in [0.1, 0.15) is 4.90 Å². The van der Waals surface area contributed by atoms with Gasteiger partial charge in [0, 0.05) is 18.7 Å². The Labute approximate surface area is 122 Å². The van der Waals surface area contributed by atoms with Gasteiger partial charge in [0.25, 0.3) is 5.91 Å². The van der Waals surface area contributed by atoms with E-state index in [9.17, 15) is 17.6 Å². The molecule has 9 heteroatoms. The van der Waals surface area contributed by atoms with Crippen molar-refractivity contribution in [2.45, 2.75) is 17.9 Å². The number of sulfonamides is 1. The number of benzene rings is 1. The molecule has 1 aromatic rings. The lowest BCUT2D eigenvalue weighted by Crippen LogP contribution is -2.35. The van der Waals surface area contributed by atoms with Gasteiger partial charge < -0.3 is 14.8 Å². The molecule has 0 aromatic heterocycles. The van der Waals surface area contributed by atoms with Crippen LogP contribution in [0.5, 0.6) is 5.75 Å². The summed E-state index contributed by atoms with van der Waals surface area (Å²) in [5, 5.41) is 7.53. The first-order valence-corrected chi connectivity index (χ1v) is 7.45. The van der Waals surface area contributed by atoms with Crippen molar-refractivity contribution in [1.29, 1.82) is 0 Å². The lowest BCUT2D eigenvalue weighted by molar-refractivity contribution is 0.0905. The fourth-order valence-electron chi connectivity index (χ4n) is 1.71. The average molecular weight is 320 g/mol. The van der Waals surface area contributed by atoms with Crippen molar-refractivity contribution in [3.05, 3.63) is 23.5 Å². The van der Waals surface area contributed by atoms with Crippen molar-refractivity contribution < 1.29 is 27.1 Å². The summed E-state index contributed by atoms with van der Waals surface area (Å²) in [4.78, 5) is 11.4. The Kier molecular flexibility index (Phi) is 5.64. The van der Waals surface area contributed by atoms with Gasteiger partial charge in [-0.2, -0.15) is 0 Å². The molecular weight excluding hydrogens is 303 g/mol. The topological polar surface area (TPSA) is 108 Å². The molecule has 3 N–H and O–H groups in total. The van der Waals surface area contributed by atoms with Gasteiger partial charge in [0.15, 0.2) is 11.6 Å². The molecule has 0 radical (unpaired) electrons. The molecule has 0 aliphatic carbocycles. The fourth-order valence-corrected chi connectivity index (χ4v) is 2.44. The summed E-state index contributed by atoms with van der Waals surface area (Å²) < 4.78 is 46.2. The summed E-state index contributed by atoms with van der Waals surface area (Å²) in [6, 6.07) is 1.51. The van der Waals surface area contributed by atoms with Gasteiger partial charge in [-0.1, -0.05) is 0 Å². The molecular formula is C12H17FN2O5S. The Bertz CT molecular complexity index is 633. The minimum Gasteiger partial charge on any atom is -0.492 e. The smallest absolute Gasteiger partial charge is 0.251 e. The molecule has 0 aliphatic rings. The molecule has 1 amide bonds. The summed E-state index contributed by atoms with van der Waals surface area (Å²) in [5.74, 6) is -2.17. The van der Waals surface area contributed by atoms with Crippen LogP contribution in [0.3, 0.4) is 0 Å². The number of primary sulfonamides is 1. The van der Waals surface area contributed by atoms with Gasteiger partial charge in [-0.25, -0.2) is 17.9 Å². The molecule has 21 heavy (non-hydrogen) atoms. The molecule has 0 spiro atoms.